The van der Waals surface area contributed by atoms with Gasteiger partial charge in [-0.1, -0.05) is 25.1 Å². The van der Waals surface area contributed by atoms with Gasteiger partial charge in [-0.3, -0.25) is 0 Å². The van der Waals surface area contributed by atoms with Crippen LogP contribution in [-0.4, -0.2) is 20.3 Å². The third-order valence-electron chi connectivity index (χ3n) is 4.86. The molecule has 0 amide bonds. The summed E-state index contributed by atoms with van der Waals surface area (Å²) >= 11 is 1.76. The van der Waals surface area contributed by atoms with Crippen LogP contribution in [0.5, 0.6) is 0 Å². The van der Waals surface area contributed by atoms with E-state index in [1.165, 1.54) is 12.1 Å². The van der Waals surface area contributed by atoms with Gasteiger partial charge in [0.2, 0.25) is 0 Å². The normalized spacial score (nSPS) is 11.5. The monoisotopic (exact) mass is 394 g/mol. The molecule has 144 valence electrons. The highest BCUT2D eigenvalue weighted by Crippen LogP contribution is 2.29. The number of rotatable bonds is 7. The van der Waals surface area contributed by atoms with Crippen molar-refractivity contribution in [2.24, 2.45) is 0 Å². The highest BCUT2D eigenvalue weighted by Gasteiger charge is 2.16. The van der Waals surface area contributed by atoms with Crippen molar-refractivity contribution in [1.82, 2.24) is 14.5 Å². The Morgan fingerprint density at radius 1 is 1.04 bits per heavy atom. The predicted molar refractivity (Wildman–Crippen MR) is 115 cm³/mol. The molecule has 0 aliphatic heterocycles. The summed E-state index contributed by atoms with van der Waals surface area (Å²) in [6.07, 6.45) is 2.97. The number of imidazole rings is 1. The van der Waals surface area contributed by atoms with Crippen molar-refractivity contribution < 1.29 is 4.39 Å². The van der Waals surface area contributed by atoms with E-state index < -0.39 is 0 Å². The Morgan fingerprint density at radius 2 is 1.82 bits per heavy atom. The molecule has 2 N–H and O–H groups in total. The molecule has 2 heterocycles. The lowest BCUT2D eigenvalue weighted by atomic mass is 10.2. The number of benzene rings is 2. The van der Waals surface area contributed by atoms with Gasteiger partial charge < -0.3 is 10.3 Å². The van der Waals surface area contributed by atoms with Crippen LogP contribution in [0.2, 0.25) is 0 Å². The quantitative estimate of drug-likeness (QED) is 0.335. The van der Waals surface area contributed by atoms with Crippen LogP contribution in [0.15, 0.2) is 53.4 Å². The molecule has 0 spiro atoms. The van der Waals surface area contributed by atoms with Crippen LogP contribution in [-0.2, 0) is 13.0 Å². The molecule has 0 atom stereocenters. The topological polar surface area (TPSA) is 56.7 Å². The number of aryl methyl sites for hydroxylation is 2. The summed E-state index contributed by atoms with van der Waals surface area (Å²) in [4.78, 5) is 10.4. The summed E-state index contributed by atoms with van der Waals surface area (Å²) < 4.78 is 15.3. The molecule has 4 rings (SSSR count). The van der Waals surface area contributed by atoms with Gasteiger partial charge in [-0.15, -0.1) is 11.8 Å². The molecule has 0 bridgehead atoms. The number of pyridine rings is 1. The summed E-state index contributed by atoms with van der Waals surface area (Å²) in [5.74, 6) is 2.36. The zero-order valence-corrected chi connectivity index (χ0v) is 16.7. The summed E-state index contributed by atoms with van der Waals surface area (Å²) in [7, 11) is 0. The Hall–Kier alpha value is -2.60. The van der Waals surface area contributed by atoms with Gasteiger partial charge >= 0.3 is 0 Å². The van der Waals surface area contributed by atoms with Crippen LogP contribution < -0.4 is 5.73 Å². The second-order valence-electron chi connectivity index (χ2n) is 6.75. The Labute approximate surface area is 168 Å². The molecule has 2 aromatic heterocycles. The lowest BCUT2D eigenvalue weighted by Crippen LogP contribution is -2.04. The molecule has 4 nitrogen and oxygen atoms in total. The number of halogens is 1. The summed E-state index contributed by atoms with van der Waals surface area (Å²) in [5, 5.41) is 1.10. The van der Waals surface area contributed by atoms with Gasteiger partial charge in [-0.05, 0) is 48.9 Å². The molecule has 2 aromatic carbocycles. The number of hydrogen-bond donors (Lipinski definition) is 1. The lowest BCUT2D eigenvalue weighted by molar-refractivity contribution is 0.623. The smallest absolute Gasteiger partial charge is 0.152 e. The van der Waals surface area contributed by atoms with Gasteiger partial charge in [0, 0.05) is 23.2 Å². The van der Waals surface area contributed by atoms with Crippen molar-refractivity contribution in [2.45, 2.75) is 37.6 Å². The maximum atomic E-state index is 13.0. The zero-order valence-electron chi connectivity index (χ0n) is 15.9. The maximum absolute atomic E-state index is 13.0. The van der Waals surface area contributed by atoms with Crippen LogP contribution in [0, 0.1) is 5.82 Å². The second kappa shape index (κ2) is 8.19. The molecule has 0 fully saturated rings. The molecule has 0 saturated carbocycles. The summed E-state index contributed by atoms with van der Waals surface area (Å²) in [6.45, 7) is 3.02. The van der Waals surface area contributed by atoms with Crippen LogP contribution in [0.3, 0.4) is 0 Å². The SMILES string of the molecule is CCc1nc2c(N)nc3ccccc3c2n1CCCCSc1ccc(F)cc1. The molecule has 0 aliphatic carbocycles. The number of hydrogen-bond acceptors (Lipinski definition) is 4. The Morgan fingerprint density at radius 3 is 2.61 bits per heavy atom. The highest BCUT2D eigenvalue weighted by molar-refractivity contribution is 7.99. The minimum Gasteiger partial charge on any atom is -0.382 e. The second-order valence-corrected chi connectivity index (χ2v) is 7.92. The molecule has 6 heteroatoms. The standard InChI is InChI=1S/C22H23FN4S/c1-2-19-26-20-21(17-7-3-4-8-18(17)25-22(20)24)27(19)13-5-6-14-28-16-11-9-15(23)10-12-16/h3-4,7-12H,2,5-6,13-14H2,1H3,(H2,24,25). The molecule has 0 radical (unpaired) electrons. The number of anilines is 1. The first-order valence-corrected chi connectivity index (χ1v) is 10.6. The first-order valence-electron chi connectivity index (χ1n) is 9.59. The summed E-state index contributed by atoms with van der Waals surface area (Å²) in [5.41, 5.74) is 8.99. The zero-order chi connectivity index (χ0) is 19.5. The highest BCUT2D eigenvalue weighted by atomic mass is 32.2. The van der Waals surface area contributed by atoms with Gasteiger partial charge in [0.05, 0.1) is 11.0 Å². The number of nitrogen functional groups attached to an aromatic ring is 1. The molecular formula is C22H23FN4S. The van der Waals surface area contributed by atoms with E-state index in [1.54, 1.807) is 11.8 Å². The first-order chi connectivity index (χ1) is 13.7. The number of aromatic nitrogens is 3. The van der Waals surface area contributed by atoms with Gasteiger partial charge in [0.25, 0.3) is 0 Å². The third kappa shape index (κ3) is 3.69. The maximum Gasteiger partial charge on any atom is 0.152 e. The van der Waals surface area contributed by atoms with E-state index in [-0.39, 0.29) is 5.82 Å². The number of nitrogens with zero attached hydrogens (tertiary/aromatic N) is 3. The van der Waals surface area contributed by atoms with Crippen molar-refractivity contribution in [2.75, 3.05) is 11.5 Å². The van der Waals surface area contributed by atoms with Gasteiger partial charge in [0.15, 0.2) is 5.82 Å². The van der Waals surface area contributed by atoms with Gasteiger partial charge in [0.1, 0.15) is 17.2 Å². The van der Waals surface area contributed by atoms with Crippen molar-refractivity contribution in [1.29, 1.82) is 0 Å². The molecule has 28 heavy (non-hydrogen) atoms. The Bertz CT molecular complexity index is 1110. The molecular weight excluding hydrogens is 371 g/mol. The number of thioether (sulfide) groups is 1. The molecule has 4 aromatic rings. The largest absolute Gasteiger partial charge is 0.382 e. The van der Waals surface area contributed by atoms with E-state index in [9.17, 15) is 4.39 Å². The van der Waals surface area contributed by atoms with Crippen molar-refractivity contribution >= 4 is 39.5 Å². The van der Waals surface area contributed by atoms with E-state index in [0.717, 1.165) is 64.2 Å². The number of unbranched alkanes of at least 4 members (excludes halogenated alkanes) is 1. The van der Waals surface area contributed by atoms with E-state index >= 15 is 0 Å². The minimum atomic E-state index is -0.190. The van der Waals surface area contributed by atoms with Crippen LogP contribution in [0.4, 0.5) is 10.2 Å². The van der Waals surface area contributed by atoms with E-state index in [2.05, 4.69) is 22.5 Å². The molecule has 0 unspecified atom stereocenters. The predicted octanol–water partition coefficient (Wildman–Crippen LogP) is 5.44. The average Bonchev–Trinajstić information content (AvgIpc) is 3.09. The Balaban J connectivity index is 1.52. The number of para-hydroxylation sites is 1. The van der Waals surface area contributed by atoms with Crippen molar-refractivity contribution in [3.05, 3.63) is 60.2 Å². The van der Waals surface area contributed by atoms with Crippen LogP contribution >= 0.6 is 11.8 Å². The Kier molecular flexibility index (Phi) is 5.48. The number of nitrogens with two attached hydrogens (primary N) is 1. The number of fused-ring (bicyclic) bond motifs is 3. The van der Waals surface area contributed by atoms with Crippen LogP contribution in [0.25, 0.3) is 21.9 Å². The van der Waals surface area contributed by atoms with E-state index in [0.29, 0.717) is 5.82 Å². The molecule has 0 aliphatic rings. The minimum absolute atomic E-state index is 0.190. The van der Waals surface area contributed by atoms with Gasteiger partial charge in [-0.2, -0.15) is 0 Å². The first kappa shape index (κ1) is 18.7. The van der Waals surface area contributed by atoms with Crippen molar-refractivity contribution in [3.63, 3.8) is 0 Å². The molecule has 0 saturated heterocycles. The van der Waals surface area contributed by atoms with Crippen molar-refractivity contribution in [3.8, 4) is 0 Å². The summed E-state index contributed by atoms with van der Waals surface area (Å²) in [6, 6.07) is 14.8. The van der Waals surface area contributed by atoms with Gasteiger partial charge in [-0.25, -0.2) is 14.4 Å². The fourth-order valence-electron chi connectivity index (χ4n) is 3.51. The third-order valence-corrected chi connectivity index (χ3v) is 5.96. The van der Waals surface area contributed by atoms with E-state index in [1.807, 2.05) is 30.3 Å². The average molecular weight is 395 g/mol. The van der Waals surface area contributed by atoms with Crippen LogP contribution in [0.1, 0.15) is 25.6 Å². The van der Waals surface area contributed by atoms with E-state index in [4.69, 9.17) is 10.7 Å². The fourth-order valence-corrected chi connectivity index (χ4v) is 4.42. The lowest BCUT2D eigenvalue weighted by Gasteiger charge is -2.10. The fraction of sp³-hybridized carbons (Fsp3) is 0.273.